The average molecular weight is 292 g/mol. The number of benzene rings is 2. The molecule has 0 aliphatic heterocycles. The minimum Gasteiger partial charge on any atom is -0.310 e. The zero-order valence-electron chi connectivity index (χ0n) is 11.8. The Morgan fingerprint density at radius 3 is 2.65 bits per heavy atom. The highest BCUT2D eigenvalue weighted by molar-refractivity contribution is 6.30. The molecule has 0 aliphatic rings. The summed E-state index contributed by atoms with van der Waals surface area (Å²) in [6.07, 6.45) is 0.789. The van der Waals surface area contributed by atoms with Gasteiger partial charge in [-0.3, -0.25) is 0 Å². The van der Waals surface area contributed by atoms with Crippen molar-refractivity contribution in [3.63, 3.8) is 0 Å². The maximum absolute atomic E-state index is 13.6. The Kier molecular flexibility index (Phi) is 5.16. The van der Waals surface area contributed by atoms with E-state index in [1.807, 2.05) is 37.3 Å². The molecular formula is C17H19ClFN. The second-order valence-corrected chi connectivity index (χ2v) is 5.44. The Hall–Kier alpha value is -1.38. The molecule has 2 rings (SSSR count). The van der Waals surface area contributed by atoms with Crippen LogP contribution >= 0.6 is 11.6 Å². The molecule has 0 aromatic heterocycles. The smallest absolute Gasteiger partial charge is 0.123 e. The van der Waals surface area contributed by atoms with Gasteiger partial charge in [-0.1, -0.05) is 36.7 Å². The molecule has 20 heavy (non-hydrogen) atoms. The van der Waals surface area contributed by atoms with Crippen LogP contribution in [-0.4, -0.2) is 6.54 Å². The molecule has 0 fully saturated rings. The van der Waals surface area contributed by atoms with E-state index in [4.69, 9.17) is 11.6 Å². The van der Waals surface area contributed by atoms with Crippen molar-refractivity contribution in [2.75, 3.05) is 6.54 Å². The van der Waals surface area contributed by atoms with Gasteiger partial charge in [-0.05, 0) is 60.8 Å². The van der Waals surface area contributed by atoms with Crippen LogP contribution < -0.4 is 5.32 Å². The van der Waals surface area contributed by atoms with E-state index >= 15 is 0 Å². The molecule has 2 aromatic carbocycles. The third kappa shape index (κ3) is 4.06. The monoisotopic (exact) mass is 291 g/mol. The lowest BCUT2D eigenvalue weighted by Gasteiger charge is -2.19. The van der Waals surface area contributed by atoms with Gasteiger partial charge in [0.1, 0.15) is 5.82 Å². The van der Waals surface area contributed by atoms with Gasteiger partial charge in [-0.15, -0.1) is 0 Å². The first-order valence-corrected chi connectivity index (χ1v) is 7.21. The molecule has 0 radical (unpaired) electrons. The number of nitrogens with one attached hydrogen (secondary N) is 1. The molecule has 1 nitrogen and oxygen atoms in total. The van der Waals surface area contributed by atoms with Crippen molar-refractivity contribution in [3.8, 4) is 0 Å². The summed E-state index contributed by atoms with van der Waals surface area (Å²) in [4.78, 5) is 0. The lowest BCUT2D eigenvalue weighted by atomic mass is 9.97. The Balaban J connectivity index is 2.26. The molecule has 0 heterocycles. The predicted octanol–water partition coefficient (Wildman–Crippen LogP) is 4.68. The second-order valence-electron chi connectivity index (χ2n) is 5.01. The van der Waals surface area contributed by atoms with Crippen LogP contribution in [0.15, 0.2) is 42.5 Å². The van der Waals surface area contributed by atoms with Gasteiger partial charge < -0.3 is 5.32 Å². The molecule has 0 amide bonds. The first-order valence-electron chi connectivity index (χ1n) is 6.83. The molecule has 0 spiro atoms. The summed E-state index contributed by atoms with van der Waals surface area (Å²) in [5, 5.41) is 4.14. The summed E-state index contributed by atoms with van der Waals surface area (Å²) < 4.78 is 13.6. The molecule has 1 atom stereocenters. The van der Waals surface area contributed by atoms with Crippen molar-refractivity contribution < 1.29 is 4.39 Å². The molecule has 106 valence electrons. The Morgan fingerprint density at radius 1 is 1.20 bits per heavy atom. The Bertz CT molecular complexity index is 563. The fraction of sp³-hybridized carbons (Fsp3) is 0.294. The SMILES string of the molecule is CCNC(Cc1cccc(Cl)c1)c1cc(C)cc(F)c1. The van der Waals surface area contributed by atoms with Crippen LogP contribution in [0.2, 0.25) is 5.02 Å². The van der Waals surface area contributed by atoms with Crippen LogP contribution in [0.3, 0.4) is 0 Å². The van der Waals surface area contributed by atoms with Gasteiger partial charge in [-0.25, -0.2) is 4.39 Å². The van der Waals surface area contributed by atoms with Crippen molar-refractivity contribution in [3.05, 3.63) is 70.0 Å². The maximum atomic E-state index is 13.6. The van der Waals surface area contributed by atoms with E-state index in [1.165, 1.54) is 0 Å². The third-order valence-electron chi connectivity index (χ3n) is 3.25. The largest absolute Gasteiger partial charge is 0.310 e. The van der Waals surface area contributed by atoms with Crippen molar-refractivity contribution in [1.29, 1.82) is 0 Å². The fourth-order valence-electron chi connectivity index (χ4n) is 2.42. The zero-order chi connectivity index (χ0) is 14.5. The van der Waals surface area contributed by atoms with E-state index in [0.717, 1.165) is 34.7 Å². The van der Waals surface area contributed by atoms with Crippen LogP contribution in [0.1, 0.15) is 29.7 Å². The minimum absolute atomic E-state index is 0.0906. The number of aryl methyl sites for hydroxylation is 1. The van der Waals surface area contributed by atoms with Crippen molar-refractivity contribution in [2.24, 2.45) is 0 Å². The highest BCUT2D eigenvalue weighted by atomic mass is 35.5. The summed E-state index contributed by atoms with van der Waals surface area (Å²) in [6.45, 7) is 4.80. The predicted molar refractivity (Wildman–Crippen MR) is 82.7 cm³/mol. The maximum Gasteiger partial charge on any atom is 0.123 e. The van der Waals surface area contributed by atoms with E-state index in [0.29, 0.717) is 0 Å². The minimum atomic E-state index is -0.186. The van der Waals surface area contributed by atoms with E-state index in [2.05, 4.69) is 12.2 Å². The fourth-order valence-corrected chi connectivity index (χ4v) is 2.63. The average Bonchev–Trinajstić information content (AvgIpc) is 2.37. The molecule has 1 unspecified atom stereocenters. The van der Waals surface area contributed by atoms with Crippen LogP contribution in [-0.2, 0) is 6.42 Å². The number of hydrogen-bond donors (Lipinski definition) is 1. The van der Waals surface area contributed by atoms with Crippen LogP contribution in [0.25, 0.3) is 0 Å². The Labute approximate surface area is 124 Å². The quantitative estimate of drug-likeness (QED) is 0.843. The molecule has 1 N–H and O–H groups in total. The number of halogens is 2. The molecule has 0 aliphatic carbocycles. The van der Waals surface area contributed by atoms with Crippen LogP contribution in [0, 0.1) is 12.7 Å². The molecule has 0 saturated heterocycles. The molecule has 3 heteroatoms. The lowest BCUT2D eigenvalue weighted by Crippen LogP contribution is -2.23. The summed E-state index contributed by atoms with van der Waals surface area (Å²) in [7, 11) is 0. The van der Waals surface area contributed by atoms with Crippen molar-refractivity contribution in [2.45, 2.75) is 26.3 Å². The van der Waals surface area contributed by atoms with Crippen molar-refractivity contribution in [1.82, 2.24) is 5.32 Å². The molecule has 2 aromatic rings. The van der Waals surface area contributed by atoms with E-state index in [1.54, 1.807) is 12.1 Å². The summed E-state index contributed by atoms with van der Waals surface area (Å²) in [5.41, 5.74) is 3.06. The lowest BCUT2D eigenvalue weighted by molar-refractivity contribution is 0.542. The van der Waals surface area contributed by atoms with Gasteiger partial charge in [0, 0.05) is 11.1 Å². The topological polar surface area (TPSA) is 12.0 Å². The molecule has 0 bridgehead atoms. The van der Waals surface area contributed by atoms with E-state index in [9.17, 15) is 4.39 Å². The number of hydrogen-bond acceptors (Lipinski definition) is 1. The van der Waals surface area contributed by atoms with Gasteiger partial charge in [0.25, 0.3) is 0 Å². The highest BCUT2D eigenvalue weighted by Gasteiger charge is 2.13. The molecular weight excluding hydrogens is 273 g/mol. The zero-order valence-corrected chi connectivity index (χ0v) is 12.5. The van der Waals surface area contributed by atoms with Gasteiger partial charge in [-0.2, -0.15) is 0 Å². The summed E-state index contributed by atoms with van der Waals surface area (Å²) in [5.74, 6) is -0.186. The van der Waals surface area contributed by atoms with Gasteiger partial charge in [0.05, 0.1) is 0 Å². The molecule has 0 saturated carbocycles. The normalized spacial score (nSPS) is 12.4. The van der Waals surface area contributed by atoms with E-state index in [-0.39, 0.29) is 11.9 Å². The first kappa shape index (κ1) is 15.0. The number of likely N-dealkylation sites (N-methyl/N-ethyl adjacent to an activating group) is 1. The van der Waals surface area contributed by atoms with Gasteiger partial charge in [0.15, 0.2) is 0 Å². The van der Waals surface area contributed by atoms with E-state index < -0.39 is 0 Å². The standard InChI is InChI=1S/C17H19ClFN/c1-3-20-17(10-13-5-4-6-15(18)9-13)14-7-12(2)8-16(19)11-14/h4-9,11,17,20H,3,10H2,1-2H3. The summed E-state index contributed by atoms with van der Waals surface area (Å²) in [6, 6.07) is 13.1. The van der Waals surface area contributed by atoms with Crippen molar-refractivity contribution >= 4 is 11.6 Å². The third-order valence-corrected chi connectivity index (χ3v) is 3.48. The van der Waals surface area contributed by atoms with Gasteiger partial charge >= 0.3 is 0 Å². The number of rotatable bonds is 5. The van der Waals surface area contributed by atoms with Crippen LogP contribution in [0.5, 0.6) is 0 Å². The first-order chi connectivity index (χ1) is 9.58. The Morgan fingerprint density at radius 2 is 2.00 bits per heavy atom. The van der Waals surface area contributed by atoms with Gasteiger partial charge in [0.2, 0.25) is 0 Å². The van der Waals surface area contributed by atoms with Crippen LogP contribution in [0.4, 0.5) is 4.39 Å². The second kappa shape index (κ2) is 6.87. The highest BCUT2D eigenvalue weighted by Crippen LogP contribution is 2.22. The summed E-state index contributed by atoms with van der Waals surface area (Å²) >= 11 is 6.02.